The molecule has 7 heteroatoms. The second kappa shape index (κ2) is 10.2. The van der Waals surface area contributed by atoms with Crippen molar-refractivity contribution in [2.45, 2.75) is 19.3 Å². The topological polar surface area (TPSA) is 108 Å². The summed E-state index contributed by atoms with van der Waals surface area (Å²) in [6, 6.07) is 0. The first-order valence-electron chi connectivity index (χ1n) is 5.72. The normalized spacial score (nSPS) is 11.9. The number of nitrogens with two attached hydrogens (primary N) is 1. The number of hydrogen-bond acceptors (Lipinski definition) is 4. The molecule has 0 saturated heterocycles. The summed E-state index contributed by atoms with van der Waals surface area (Å²) in [4.78, 5) is 17.2. The molecule has 0 fully saturated rings. The number of unbranched alkanes of at least 4 members (excludes halogenated alkanes) is 2. The lowest BCUT2D eigenvalue weighted by Crippen LogP contribution is -2.31. The zero-order valence-corrected chi connectivity index (χ0v) is 10.6. The maximum Gasteiger partial charge on any atom is 0.325 e. The van der Waals surface area contributed by atoms with Crippen molar-refractivity contribution in [1.29, 1.82) is 0 Å². The molecule has 0 heterocycles. The molecule has 0 aliphatic carbocycles. The standard InChI is InChI=1S/C9H24N3O3P/c10-4-6-12-8-7-11-5-2-1-3-9-16(13,14)15/h11-12H,1-10H2,(H2,13,14,15). The van der Waals surface area contributed by atoms with Crippen LogP contribution in [0.15, 0.2) is 0 Å². The first-order valence-corrected chi connectivity index (χ1v) is 7.52. The van der Waals surface area contributed by atoms with Crippen molar-refractivity contribution in [1.82, 2.24) is 10.6 Å². The lowest BCUT2D eigenvalue weighted by molar-refractivity contribution is 0.370. The van der Waals surface area contributed by atoms with E-state index in [0.717, 1.165) is 39.0 Å². The highest BCUT2D eigenvalue weighted by atomic mass is 31.2. The van der Waals surface area contributed by atoms with E-state index < -0.39 is 7.60 Å². The van der Waals surface area contributed by atoms with Gasteiger partial charge in [0.15, 0.2) is 0 Å². The van der Waals surface area contributed by atoms with Gasteiger partial charge < -0.3 is 26.2 Å². The molecule has 0 rings (SSSR count). The monoisotopic (exact) mass is 253 g/mol. The second-order valence-corrected chi connectivity index (χ2v) is 5.51. The van der Waals surface area contributed by atoms with Crippen LogP contribution in [0.4, 0.5) is 0 Å². The van der Waals surface area contributed by atoms with Crippen LogP contribution in [0, 0.1) is 0 Å². The Hall–Kier alpha value is 0.0300. The van der Waals surface area contributed by atoms with E-state index >= 15 is 0 Å². The molecule has 0 unspecified atom stereocenters. The Kier molecular flexibility index (Phi) is 10.2. The molecular formula is C9H24N3O3P. The van der Waals surface area contributed by atoms with Gasteiger partial charge in [-0.05, 0) is 19.4 Å². The van der Waals surface area contributed by atoms with Crippen LogP contribution in [0.25, 0.3) is 0 Å². The number of hydrogen-bond donors (Lipinski definition) is 5. The summed E-state index contributed by atoms with van der Waals surface area (Å²) in [5.74, 6) is 0. The van der Waals surface area contributed by atoms with E-state index in [1.54, 1.807) is 0 Å². The average molecular weight is 253 g/mol. The molecule has 0 radical (unpaired) electrons. The van der Waals surface area contributed by atoms with Crippen LogP contribution >= 0.6 is 7.60 Å². The third-order valence-corrected chi connectivity index (χ3v) is 3.00. The SMILES string of the molecule is NCCNCCNCCCCCP(=O)(O)O. The third kappa shape index (κ3) is 14.0. The summed E-state index contributed by atoms with van der Waals surface area (Å²) >= 11 is 0. The Balaban J connectivity index is 3.02. The van der Waals surface area contributed by atoms with E-state index in [1.807, 2.05) is 0 Å². The molecule has 0 aliphatic heterocycles. The van der Waals surface area contributed by atoms with Gasteiger partial charge in [-0.1, -0.05) is 6.42 Å². The van der Waals surface area contributed by atoms with Crippen molar-refractivity contribution >= 4 is 7.60 Å². The fourth-order valence-electron chi connectivity index (χ4n) is 1.27. The van der Waals surface area contributed by atoms with Gasteiger partial charge in [-0.2, -0.15) is 0 Å². The fourth-order valence-corrected chi connectivity index (χ4v) is 1.91. The minimum Gasteiger partial charge on any atom is -0.329 e. The molecule has 0 aliphatic rings. The van der Waals surface area contributed by atoms with Gasteiger partial charge in [0.05, 0.1) is 0 Å². The lowest BCUT2D eigenvalue weighted by Gasteiger charge is -2.06. The van der Waals surface area contributed by atoms with E-state index in [0.29, 0.717) is 13.0 Å². The molecule has 98 valence electrons. The first-order chi connectivity index (χ1) is 7.56. The molecule has 0 bridgehead atoms. The van der Waals surface area contributed by atoms with Gasteiger partial charge in [0.1, 0.15) is 0 Å². The number of rotatable bonds is 11. The zero-order chi connectivity index (χ0) is 12.3. The van der Waals surface area contributed by atoms with E-state index in [9.17, 15) is 4.57 Å². The molecule has 0 amide bonds. The summed E-state index contributed by atoms with van der Waals surface area (Å²) in [6.45, 7) is 4.19. The van der Waals surface area contributed by atoms with Crippen LogP contribution in [0.3, 0.4) is 0 Å². The Bertz CT molecular complexity index is 198. The molecule has 0 saturated carbocycles. The molecule has 0 aromatic heterocycles. The molecule has 16 heavy (non-hydrogen) atoms. The highest BCUT2D eigenvalue weighted by Crippen LogP contribution is 2.35. The van der Waals surface area contributed by atoms with E-state index in [1.165, 1.54) is 0 Å². The molecule has 0 spiro atoms. The van der Waals surface area contributed by atoms with Gasteiger partial charge in [0, 0.05) is 32.3 Å². The first kappa shape index (κ1) is 16.0. The van der Waals surface area contributed by atoms with E-state index in [2.05, 4.69) is 10.6 Å². The van der Waals surface area contributed by atoms with Crippen LogP contribution in [-0.2, 0) is 4.57 Å². The summed E-state index contributed by atoms with van der Waals surface area (Å²) in [5, 5.41) is 6.41. The van der Waals surface area contributed by atoms with Gasteiger partial charge >= 0.3 is 7.60 Å². The number of nitrogens with one attached hydrogen (secondary N) is 2. The zero-order valence-electron chi connectivity index (χ0n) is 9.69. The maximum atomic E-state index is 10.5. The van der Waals surface area contributed by atoms with Crippen LogP contribution < -0.4 is 16.4 Å². The van der Waals surface area contributed by atoms with Crippen LogP contribution in [0.5, 0.6) is 0 Å². The van der Waals surface area contributed by atoms with Crippen molar-refractivity contribution in [2.24, 2.45) is 5.73 Å². The minimum atomic E-state index is -3.78. The second-order valence-electron chi connectivity index (χ2n) is 3.74. The summed E-state index contributed by atoms with van der Waals surface area (Å²) < 4.78 is 10.5. The highest BCUT2D eigenvalue weighted by molar-refractivity contribution is 7.51. The van der Waals surface area contributed by atoms with Crippen LogP contribution in [0.2, 0.25) is 0 Å². The minimum absolute atomic E-state index is 0.00502. The van der Waals surface area contributed by atoms with Gasteiger partial charge in [-0.25, -0.2) is 0 Å². The van der Waals surface area contributed by atoms with Gasteiger partial charge in [-0.3, -0.25) is 4.57 Å². The summed E-state index contributed by atoms with van der Waals surface area (Å²) in [7, 11) is -3.78. The molecule has 0 atom stereocenters. The third-order valence-electron chi connectivity index (χ3n) is 2.10. The Morgan fingerprint density at radius 2 is 1.56 bits per heavy atom. The highest BCUT2D eigenvalue weighted by Gasteiger charge is 2.10. The molecular weight excluding hydrogens is 229 g/mol. The molecule has 0 aromatic carbocycles. The van der Waals surface area contributed by atoms with Crippen molar-refractivity contribution in [2.75, 3.05) is 38.9 Å². The Labute approximate surface area is 97.1 Å². The van der Waals surface area contributed by atoms with Crippen molar-refractivity contribution in [3.8, 4) is 0 Å². The predicted molar refractivity (Wildman–Crippen MR) is 65.6 cm³/mol. The largest absolute Gasteiger partial charge is 0.329 e. The Morgan fingerprint density at radius 1 is 0.938 bits per heavy atom. The van der Waals surface area contributed by atoms with Crippen molar-refractivity contribution in [3.05, 3.63) is 0 Å². The molecule has 6 nitrogen and oxygen atoms in total. The average Bonchev–Trinajstić information content (AvgIpc) is 2.19. The molecule has 6 N–H and O–H groups in total. The van der Waals surface area contributed by atoms with Crippen molar-refractivity contribution < 1.29 is 14.4 Å². The quantitative estimate of drug-likeness (QED) is 0.250. The smallest absolute Gasteiger partial charge is 0.325 e. The van der Waals surface area contributed by atoms with Gasteiger partial charge in [0.25, 0.3) is 0 Å². The summed E-state index contributed by atoms with van der Waals surface area (Å²) in [6.07, 6.45) is 2.41. The fraction of sp³-hybridized carbons (Fsp3) is 1.00. The molecule has 0 aromatic rings. The van der Waals surface area contributed by atoms with Gasteiger partial charge in [0.2, 0.25) is 0 Å². The van der Waals surface area contributed by atoms with Crippen molar-refractivity contribution in [3.63, 3.8) is 0 Å². The van der Waals surface area contributed by atoms with E-state index in [-0.39, 0.29) is 6.16 Å². The van der Waals surface area contributed by atoms with Gasteiger partial charge in [-0.15, -0.1) is 0 Å². The van der Waals surface area contributed by atoms with E-state index in [4.69, 9.17) is 15.5 Å². The van der Waals surface area contributed by atoms with Crippen LogP contribution in [-0.4, -0.2) is 48.7 Å². The Morgan fingerprint density at radius 3 is 2.12 bits per heavy atom. The lowest BCUT2D eigenvalue weighted by atomic mass is 10.2. The summed E-state index contributed by atoms with van der Waals surface area (Å²) in [5.41, 5.74) is 5.31. The van der Waals surface area contributed by atoms with Crippen LogP contribution in [0.1, 0.15) is 19.3 Å². The maximum absolute atomic E-state index is 10.5. The predicted octanol–water partition coefficient (Wildman–Crippen LogP) is -0.528.